The van der Waals surface area contributed by atoms with Crippen molar-refractivity contribution in [1.29, 1.82) is 0 Å². The summed E-state index contributed by atoms with van der Waals surface area (Å²) in [5.41, 5.74) is 2.24. The Balaban J connectivity index is 2.78. The van der Waals surface area contributed by atoms with Gasteiger partial charge in [-0.05, 0) is 24.6 Å². The Morgan fingerprint density at radius 3 is 2.60 bits per heavy atom. The van der Waals surface area contributed by atoms with Crippen LogP contribution < -0.4 is 16.0 Å². The van der Waals surface area contributed by atoms with Crippen molar-refractivity contribution < 1.29 is 9.59 Å². The van der Waals surface area contributed by atoms with Crippen LogP contribution in [0.25, 0.3) is 0 Å². The summed E-state index contributed by atoms with van der Waals surface area (Å²) in [4.78, 5) is 23.3. The van der Waals surface area contributed by atoms with Crippen LogP contribution in [0.5, 0.6) is 0 Å². The van der Waals surface area contributed by atoms with Gasteiger partial charge in [-0.25, -0.2) is 4.79 Å². The van der Waals surface area contributed by atoms with Gasteiger partial charge in [0, 0.05) is 23.8 Å². The number of aryl methyl sites for hydroxylation is 1. The average Bonchev–Trinajstić information content (AvgIpc) is 2.40. The molecule has 0 bridgehead atoms. The maximum Gasteiger partial charge on any atom is 0.319 e. The third-order valence-electron chi connectivity index (χ3n) is 2.68. The highest BCUT2D eigenvalue weighted by Crippen LogP contribution is 2.20. The molecule has 20 heavy (non-hydrogen) atoms. The molecular weight excluding hydrogens is 254 g/mol. The molecule has 0 saturated heterocycles. The summed E-state index contributed by atoms with van der Waals surface area (Å²) in [6.07, 6.45) is 1.60. The van der Waals surface area contributed by atoms with Gasteiger partial charge >= 0.3 is 6.03 Å². The Hall–Kier alpha value is -2.30. The highest BCUT2D eigenvalue weighted by atomic mass is 16.2. The van der Waals surface area contributed by atoms with E-state index in [4.69, 9.17) is 0 Å². The Labute approximate surface area is 119 Å². The van der Waals surface area contributed by atoms with Gasteiger partial charge in [0.1, 0.15) is 0 Å². The van der Waals surface area contributed by atoms with Crippen molar-refractivity contribution in [2.24, 2.45) is 5.92 Å². The van der Waals surface area contributed by atoms with Gasteiger partial charge in [0.05, 0.1) is 0 Å². The minimum atomic E-state index is -0.305. The van der Waals surface area contributed by atoms with Crippen LogP contribution in [0.3, 0.4) is 0 Å². The Bertz CT molecular complexity index is 510. The largest absolute Gasteiger partial charge is 0.334 e. The third kappa shape index (κ3) is 4.76. The molecule has 3 N–H and O–H groups in total. The maximum atomic E-state index is 11.7. The number of nitrogens with one attached hydrogen (secondary N) is 3. The van der Waals surface area contributed by atoms with E-state index in [1.54, 1.807) is 12.1 Å². The SMILES string of the molecule is C=CCNC(=O)Nc1cc(NC(=O)C(C)C)ccc1C. The zero-order valence-electron chi connectivity index (χ0n) is 12.1. The van der Waals surface area contributed by atoms with Crippen LogP contribution in [0.2, 0.25) is 0 Å². The van der Waals surface area contributed by atoms with Crippen LogP contribution in [0.15, 0.2) is 30.9 Å². The standard InChI is InChI=1S/C15H21N3O2/c1-5-8-16-15(20)18-13-9-12(7-6-11(13)4)17-14(19)10(2)3/h5-7,9-10H,1,8H2,2-4H3,(H,17,19)(H2,16,18,20). The van der Waals surface area contributed by atoms with Crippen molar-refractivity contribution in [2.45, 2.75) is 20.8 Å². The van der Waals surface area contributed by atoms with Gasteiger partial charge in [0.2, 0.25) is 5.91 Å². The molecule has 0 fully saturated rings. The van der Waals surface area contributed by atoms with Crippen molar-refractivity contribution in [3.63, 3.8) is 0 Å². The second kappa shape index (κ2) is 7.33. The molecular formula is C15H21N3O2. The Morgan fingerprint density at radius 1 is 1.30 bits per heavy atom. The molecule has 0 spiro atoms. The first-order chi connectivity index (χ1) is 9.43. The number of amides is 3. The molecule has 0 aliphatic rings. The number of benzene rings is 1. The highest BCUT2D eigenvalue weighted by Gasteiger charge is 2.09. The number of hydrogen-bond acceptors (Lipinski definition) is 2. The quantitative estimate of drug-likeness (QED) is 0.723. The molecule has 5 nitrogen and oxygen atoms in total. The minimum absolute atomic E-state index is 0.0593. The molecule has 0 radical (unpaired) electrons. The van der Waals surface area contributed by atoms with Gasteiger partial charge in [0.25, 0.3) is 0 Å². The molecule has 0 aliphatic heterocycles. The third-order valence-corrected chi connectivity index (χ3v) is 2.68. The van der Waals surface area contributed by atoms with E-state index in [1.165, 1.54) is 0 Å². The lowest BCUT2D eigenvalue weighted by atomic mass is 10.1. The monoisotopic (exact) mass is 275 g/mol. The lowest BCUT2D eigenvalue weighted by Crippen LogP contribution is -2.29. The van der Waals surface area contributed by atoms with Crippen LogP contribution in [0, 0.1) is 12.8 Å². The van der Waals surface area contributed by atoms with Crippen LogP contribution in [0.4, 0.5) is 16.2 Å². The molecule has 0 unspecified atom stereocenters. The maximum absolute atomic E-state index is 11.7. The summed E-state index contributed by atoms with van der Waals surface area (Å²) in [5, 5.41) is 8.17. The van der Waals surface area contributed by atoms with E-state index in [1.807, 2.05) is 32.9 Å². The molecule has 108 valence electrons. The summed E-state index contributed by atoms with van der Waals surface area (Å²) in [7, 11) is 0. The van der Waals surface area contributed by atoms with Gasteiger partial charge in [-0.1, -0.05) is 26.0 Å². The van der Waals surface area contributed by atoms with Crippen molar-refractivity contribution in [1.82, 2.24) is 5.32 Å². The zero-order valence-corrected chi connectivity index (χ0v) is 12.1. The topological polar surface area (TPSA) is 70.2 Å². The second-order valence-electron chi connectivity index (χ2n) is 4.80. The number of urea groups is 1. The molecule has 0 heterocycles. The minimum Gasteiger partial charge on any atom is -0.334 e. The zero-order chi connectivity index (χ0) is 15.1. The number of anilines is 2. The van der Waals surface area contributed by atoms with Crippen molar-refractivity contribution >= 4 is 23.3 Å². The molecule has 0 saturated carbocycles. The number of hydrogen-bond donors (Lipinski definition) is 3. The molecule has 1 rings (SSSR count). The summed E-state index contributed by atoms with van der Waals surface area (Å²) in [5.74, 6) is -0.153. The van der Waals surface area contributed by atoms with E-state index >= 15 is 0 Å². The fourth-order valence-electron chi connectivity index (χ4n) is 1.45. The van der Waals surface area contributed by atoms with E-state index in [9.17, 15) is 9.59 Å². The van der Waals surface area contributed by atoms with E-state index < -0.39 is 0 Å². The number of rotatable bonds is 5. The van der Waals surface area contributed by atoms with Gasteiger partial charge in [-0.3, -0.25) is 4.79 Å². The number of carbonyl (C=O) groups is 2. The molecule has 3 amide bonds. The number of carbonyl (C=O) groups excluding carboxylic acids is 2. The van der Waals surface area contributed by atoms with Gasteiger partial charge in [-0.15, -0.1) is 6.58 Å². The molecule has 5 heteroatoms. The van der Waals surface area contributed by atoms with Crippen molar-refractivity contribution in [2.75, 3.05) is 17.2 Å². The molecule has 1 aromatic carbocycles. The predicted molar refractivity (Wildman–Crippen MR) is 81.9 cm³/mol. The van der Waals surface area contributed by atoms with Crippen LogP contribution in [-0.4, -0.2) is 18.5 Å². The average molecular weight is 275 g/mol. The fourth-order valence-corrected chi connectivity index (χ4v) is 1.45. The van der Waals surface area contributed by atoms with Gasteiger partial charge in [0.15, 0.2) is 0 Å². The highest BCUT2D eigenvalue weighted by molar-refractivity contribution is 5.94. The molecule has 0 aromatic heterocycles. The summed E-state index contributed by atoms with van der Waals surface area (Å²) < 4.78 is 0. The first-order valence-corrected chi connectivity index (χ1v) is 6.51. The van der Waals surface area contributed by atoms with Crippen LogP contribution in [0.1, 0.15) is 19.4 Å². The smallest absolute Gasteiger partial charge is 0.319 e. The fraction of sp³-hybridized carbons (Fsp3) is 0.333. The van der Waals surface area contributed by atoms with E-state index in [-0.39, 0.29) is 17.9 Å². The van der Waals surface area contributed by atoms with Crippen molar-refractivity contribution in [3.8, 4) is 0 Å². The van der Waals surface area contributed by atoms with Crippen molar-refractivity contribution in [3.05, 3.63) is 36.4 Å². The molecule has 0 aliphatic carbocycles. The molecule has 0 atom stereocenters. The van der Waals surface area contributed by atoms with Crippen LogP contribution in [-0.2, 0) is 4.79 Å². The Morgan fingerprint density at radius 2 is 2.00 bits per heavy atom. The second-order valence-corrected chi connectivity index (χ2v) is 4.80. The van der Waals surface area contributed by atoms with Gasteiger partial charge in [-0.2, -0.15) is 0 Å². The van der Waals surface area contributed by atoms with E-state index in [0.29, 0.717) is 17.9 Å². The first kappa shape index (κ1) is 15.8. The molecule has 1 aromatic rings. The lowest BCUT2D eigenvalue weighted by Gasteiger charge is -2.12. The summed E-state index contributed by atoms with van der Waals surface area (Å²) in [6.45, 7) is 9.46. The Kier molecular flexibility index (Phi) is 5.77. The summed E-state index contributed by atoms with van der Waals surface area (Å²) in [6, 6.07) is 5.09. The summed E-state index contributed by atoms with van der Waals surface area (Å²) >= 11 is 0. The van der Waals surface area contributed by atoms with Crippen LogP contribution >= 0.6 is 0 Å². The predicted octanol–water partition coefficient (Wildman–Crippen LogP) is 2.90. The van der Waals surface area contributed by atoms with Gasteiger partial charge < -0.3 is 16.0 Å². The lowest BCUT2D eigenvalue weighted by molar-refractivity contribution is -0.118. The van der Waals surface area contributed by atoms with E-state index in [0.717, 1.165) is 5.56 Å². The van der Waals surface area contributed by atoms with E-state index in [2.05, 4.69) is 22.5 Å². The normalized spacial score (nSPS) is 10.0. The first-order valence-electron chi connectivity index (χ1n) is 6.51.